The normalized spacial score (nSPS) is 26.3. The van der Waals surface area contributed by atoms with E-state index in [1.165, 1.54) is 25.4 Å². The summed E-state index contributed by atoms with van der Waals surface area (Å²) in [5.74, 6) is -3.38. The maximum atomic E-state index is 13.2. The number of ether oxygens (including phenoxy) is 2. The molecule has 0 amide bonds. The summed E-state index contributed by atoms with van der Waals surface area (Å²) in [7, 11) is 2.49. The highest BCUT2D eigenvalue weighted by Gasteiger charge is 2.58. The van der Waals surface area contributed by atoms with Crippen LogP contribution in [0.25, 0.3) is 0 Å². The molecule has 0 radical (unpaired) electrons. The van der Waals surface area contributed by atoms with Crippen LogP contribution in [0, 0.1) is 18.8 Å². The van der Waals surface area contributed by atoms with Gasteiger partial charge in [-0.1, -0.05) is 35.9 Å². The van der Waals surface area contributed by atoms with E-state index < -0.39 is 35.9 Å². The first-order valence-corrected chi connectivity index (χ1v) is 8.25. The molecule has 2 heterocycles. The number of ketones is 1. The van der Waals surface area contributed by atoms with Gasteiger partial charge in [-0.05, 0) is 13.0 Å². The van der Waals surface area contributed by atoms with Crippen molar-refractivity contribution in [1.29, 1.82) is 0 Å². The predicted octanol–water partition coefficient (Wildman–Crippen LogP) is 1.36. The molecule has 4 atom stereocenters. The lowest BCUT2D eigenvalue weighted by molar-refractivity contribution is -0.156. The molecule has 0 saturated carbocycles. The van der Waals surface area contributed by atoms with Gasteiger partial charge in [-0.25, -0.2) is 0 Å². The molecule has 1 aromatic carbocycles. The SMILES string of the molecule is COC(=O)[C@@H]1[C@H](C(=O)OC)[C@H](C(=O)c2ccc(C)cc2)N2N=CC=C[C@@H]12. The molecule has 136 valence electrons. The highest BCUT2D eigenvalue weighted by atomic mass is 16.5. The Morgan fingerprint density at radius 3 is 2.23 bits per heavy atom. The van der Waals surface area contributed by atoms with E-state index in [0.717, 1.165) is 5.56 Å². The summed E-state index contributed by atoms with van der Waals surface area (Å²) < 4.78 is 9.79. The summed E-state index contributed by atoms with van der Waals surface area (Å²) >= 11 is 0. The third kappa shape index (κ3) is 2.89. The van der Waals surface area contributed by atoms with Crippen LogP contribution >= 0.6 is 0 Å². The van der Waals surface area contributed by atoms with Crippen molar-refractivity contribution >= 4 is 23.9 Å². The largest absolute Gasteiger partial charge is 0.469 e. The second-order valence-electron chi connectivity index (χ2n) is 6.29. The lowest BCUT2D eigenvalue weighted by Crippen LogP contribution is -2.42. The number of nitrogens with zero attached hydrogens (tertiary/aromatic N) is 2. The molecule has 2 aliphatic heterocycles. The van der Waals surface area contributed by atoms with E-state index in [9.17, 15) is 14.4 Å². The van der Waals surface area contributed by atoms with Gasteiger partial charge in [0.05, 0.1) is 26.2 Å². The van der Waals surface area contributed by atoms with E-state index in [1.54, 1.807) is 24.3 Å². The van der Waals surface area contributed by atoms with Crippen molar-refractivity contribution in [3.05, 3.63) is 47.5 Å². The van der Waals surface area contributed by atoms with Crippen molar-refractivity contribution in [3.8, 4) is 0 Å². The van der Waals surface area contributed by atoms with E-state index in [1.807, 2.05) is 19.1 Å². The van der Waals surface area contributed by atoms with Gasteiger partial charge < -0.3 is 9.47 Å². The summed E-state index contributed by atoms with van der Waals surface area (Å²) in [5.41, 5.74) is 1.46. The molecule has 1 saturated heterocycles. The number of allylic oxidation sites excluding steroid dienone is 1. The Labute approximate surface area is 151 Å². The number of fused-ring (bicyclic) bond motifs is 1. The molecular formula is C19H20N2O5. The first kappa shape index (κ1) is 17.8. The van der Waals surface area contributed by atoms with Gasteiger partial charge in [-0.3, -0.25) is 19.4 Å². The quantitative estimate of drug-likeness (QED) is 0.598. The average molecular weight is 356 g/mol. The van der Waals surface area contributed by atoms with Crippen LogP contribution in [0.2, 0.25) is 0 Å². The molecule has 0 bridgehead atoms. The predicted molar refractivity (Wildman–Crippen MR) is 93.6 cm³/mol. The van der Waals surface area contributed by atoms with Crippen LogP contribution in [0.5, 0.6) is 0 Å². The zero-order valence-electron chi connectivity index (χ0n) is 14.8. The van der Waals surface area contributed by atoms with Crippen LogP contribution in [0.4, 0.5) is 0 Å². The summed E-state index contributed by atoms with van der Waals surface area (Å²) in [6.07, 6.45) is 4.96. The Hall–Kier alpha value is -2.96. The summed E-state index contributed by atoms with van der Waals surface area (Å²) in [5, 5.41) is 5.76. The molecule has 7 nitrogen and oxygen atoms in total. The highest BCUT2D eigenvalue weighted by molar-refractivity contribution is 6.04. The smallest absolute Gasteiger partial charge is 0.312 e. The number of carbonyl (C=O) groups is 3. The number of hydrogen-bond acceptors (Lipinski definition) is 7. The summed E-state index contributed by atoms with van der Waals surface area (Å²) in [6, 6.07) is 5.57. The van der Waals surface area contributed by atoms with E-state index >= 15 is 0 Å². The summed E-state index contributed by atoms with van der Waals surface area (Å²) in [6.45, 7) is 1.92. The molecule has 7 heteroatoms. The van der Waals surface area contributed by atoms with Crippen molar-refractivity contribution in [2.75, 3.05) is 14.2 Å². The first-order chi connectivity index (χ1) is 12.5. The van der Waals surface area contributed by atoms with Crippen molar-refractivity contribution < 1.29 is 23.9 Å². The Morgan fingerprint density at radius 2 is 1.62 bits per heavy atom. The molecule has 0 N–H and O–H groups in total. The standard InChI is InChI=1S/C19H20N2O5/c1-11-6-8-12(9-7-11)17(22)16-15(19(24)26-3)14(18(23)25-2)13-5-4-10-20-21(13)16/h4-10,13-16H,1-3H3/t13-,14-,15-,16+/m0/s1. The molecule has 0 spiro atoms. The molecular weight excluding hydrogens is 336 g/mol. The number of benzene rings is 1. The molecule has 0 unspecified atom stereocenters. The number of methoxy groups -OCH3 is 2. The van der Waals surface area contributed by atoms with Crippen molar-refractivity contribution in [2.24, 2.45) is 16.9 Å². The molecule has 3 rings (SSSR count). The molecule has 2 aliphatic rings. The molecule has 1 aromatic rings. The van der Waals surface area contributed by atoms with Gasteiger partial charge in [0.25, 0.3) is 0 Å². The van der Waals surface area contributed by atoms with E-state index in [2.05, 4.69) is 5.10 Å². The van der Waals surface area contributed by atoms with Crippen LogP contribution in [0.3, 0.4) is 0 Å². The third-order valence-corrected chi connectivity index (χ3v) is 4.83. The monoisotopic (exact) mass is 356 g/mol. The van der Waals surface area contributed by atoms with Crippen molar-refractivity contribution in [2.45, 2.75) is 19.0 Å². The Kier molecular flexibility index (Phi) is 4.88. The number of aryl methyl sites for hydroxylation is 1. The van der Waals surface area contributed by atoms with E-state index in [4.69, 9.17) is 9.47 Å². The Balaban J connectivity index is 2.07. The number of esters is 2. The first-order valence-electron chi connectivity index (χ1n) is 8.25. The molecule has 26 heavy (non-hydrogen) atoms. The van der Waals surface area contributed by atoms with Gasteiger partial charge in [-0.2, -0.15) is 5.10 Å². The maximum Gasteiger partial charge on any atom is 0.312 e. The zero-order chi connectivity index (χ0) is 18.8. The molecule has 0 aliphatic carbocycles. The Bertz CT molecular complexity index is 784. The van der Waals surface area contributed by atoms with Crippen molar-refractivity contribution in [1.82, 2.24) is 5.01 Å². The minimum Gasteiger partial charge on any atom is -0.469 e. The van der Waals surface area contributed by atoms with Crippen molar-refractivity contribution in [3.63, 3.8) is 0 Å². The lowest BCUT2D eigenvalue weighted by atomic mass is 9.84. The fourth-order valence-electron chi connectivity index (χ4n) is 3.56. The van der Waals surface area contributed by atoms with Crippen LogP contribution in [-0.4, -0.2) is 55.2 Å². The van der Waals surface area contributed by atoms with Gasteiger partial charge in [0.2, 0.25) is 0 Å². The van der Waals surface area contributed by atoms with Gasteiger partial charge in [-0.15, -0.1) is 0 Å². The van der Waals surface area contributed by atoms with Gasteiger partial charge in [0.1, 0.15) is 12.0 Å². The number of carbonyl (C=O) groups excluding carboxylic acids is 3. The van der Waals surface area contributed by atoms with Crippen LogP contribution < -0.4 is 0 Å². The minimum atomic E-state index is -1.01. The molecule has 1 fully saturated rings. The van der Waals surface area contributed by atoms with Crippen LogP contribution in [0.1, 0.15) is 15.9 Å². The van der Waals surface area contributed by atoms with Gasteiger partial charge >= 0.3 is 11.9 Å². The number of hydrogen-bond donors (Lipinski definition) is 0. The summed E-state index contributed by atoms with van der Waals surface area (Å²) in [4.78, 5) is 38.1. The fraction of sp³-hybridized carbons (Fsp3) is 0.368. The average Bonchev–Trinajstić information content (AvgIpc) is 3.02. The Morgan fingerprint density at radius 1 is 1.00 bits per heavy atom. The second-order valence-corrected chi connectivity index (χ2v) is 6.29. The number of rotatable bonds is 4. The van der Waals surface area contributed by atoms with Gasteiger partial charge in [0.15, 0.2) is 5.78 Å². The van der Waals surface area contributed by atoms with Crippen LogP contribution in [-0.2, 0) is 19.1 Å². The number of hydrazone groups is 1. The lowest BCUT2D eigenvalue weighted by Gasteiger charge is -2.27. The van der Waals surface area contributed by atoms with Crippen LogP contribution in [0.15, 0.2) is 41.5 Å². The van der Waals surface area contributed by atoms with E-state index in [0.29, 0.717) is 5.56 Å². The van der Waals surface area contributed by atoms with E-state index in [-0.39, 0.29) is 5.78 Å². The topological polar surface area (TPSA) is 85.3 Å². The maximum absolute atomic E-state index is 13.2. The third-order valence-electron chi connectivity index (χ3n) is 4.83. The number of Topliss-reactive ketones (excluding diaryl/α,β-unsaturated/α-hetero) is 1. The molecule has 0 aromatic heterocycles. The fourth-order valence-corrected chi connectivity index (χ4v) is 3.56. The highest BCUT2D eigenvalue weighted by Crippen LogP contribution is 2.40. The van der Waals surface area contributed by atoms with Gasteiger partial charge in [0, 0.05) is 11.8 Å². The second kappa shape index (κ2) is 7.11. The minimum absolute atomic E-state index is 0.288. The zero-order valence-corrected chi connectivity index (χ0v) is 14.8.